The van der Waals surface area contributed by atoms with Gasteiger partial charge in [-0.2, -0.15) is 5.10 Å². The highest BCUT2D eigenvalue weighted by Gasteiger charge is 2.38. The van der Waals surface area contributed by atoms with E-state index in [1.54, 1.807) is 55.5 Å². The number of nitrogens with zero attached hydrogens (tertiary/aromatic N) is 2. The predicted octanol–water partition coefficient (Wildman–Crippen LogP) is 5.46. The molecule has 0 saturated carbocycles. The van der Waals surface area contributed by atoms with Gasteiger partial charge in [0.1, 0.15) is 0 Å². The minimum Gasteiger partial charge on any atom is -0.481 e. The number of carboxylic acids is 1. The number of pyridine rings is 1. The molecule has 0 bridgehead atoms. The molecular formula is C26H22Cl2FN3O4. The van der Waals surface area contributed by atoms with E-state index in [2.05, 4.69) is 10.1 Å². The van der Waals surface area contributed by atoms with E-state index in [1.807, 2.05) is 6.92 Å². The molecule has 2 N–H and O–H groups in total. The summed E-state index contributed by atoms with van der Waals surface area (Å²) in [4.78, 5) is 40.1. The fourth-order valence-corrected chi connectivity index (χ4v) is 4.51. The number of aromatic amines is 1. The second-order valence-corrected chi connectivity index (χ2v) is 9.40. The first kappa shape index (κ1) is 25.6. The van der Waals surface area contributed by atoms with Gasteiger partial charge in [-0.3, -0.25) is 14.4 Å². The van der Waals surface area contributed by atoms with Crippen molar-refractivity contribution in [1.82, 2.24) is 9.99 Å². The maximum Gasteiger partial charge on any atom is 0.306 e. The van der Waals surface area contributed by atoms with Gasteiger partial charge in [-0.25, -0.2) is 9.40 Å². The summed E-state index contributed by atoms with van der Waals surface area (Å²) in [6.45, 7) is 3.64. The van der Waals surface area contributed by atoms with Gasteiger partial charge in [0.15, 0.2) is 6.17 Å². The van der Waals surface area contributed by atoms with E-state index in [9.17, 15) is 18.8 Å². The highest BCUT2D eigenvalue weighted by molar-refractivity contribution is 6.30. The van der Waals surface area contributed by atoms with Crippen LogP contribution in [0.15, 0.2) is 58.4 Å². The third-order valence-electron chi connectivity index (χ3n) is 6.15. The molecule has 3 aromatic rings. The molecule has 0 radical (unpaired) electrons. The largest absolute Gasteiger partial charge is 0.481 e. The van der Waals surface area contributed by atoms with Crippen molar-refractivity contribution in [2.75, 3.05) is 0 Å². The number of aliphatic carboxylic acids is 1. The predicted molar refractivity (Wildman–Crippen MR) is 136 cm³/mol. The summed E-state index contributed by atoms with van der Waals surface area (Å²) in [5.41, 5.74) is 3.56. The number of carbonyl (C=O) groups is 2. The number of halogens is 3. The van der Waals surface area contributed by atoms with Gasteiger partial charge in [0, 0.05) is 27.7 Å². The van der Waals surface area contributed by atoms with Crippen molar-refractivity contribution < 1.29 is 19.1 Å². The summed E-state index contributed by atoms with van der Waals surface area (Å²) < 4.78 is 14.6. The second kappa shape index (κ2) is 10.2. The van der Waals surface area contributed by atoms with Crippen molar-refractivity contribution in [2.24, 2.45) is 5.10 Å². The Morgan fingerprint density at radius 2 is 1.67 bits per heavy atom. The van der Waals surface area contributed by atoms with Gasteiger partial charge in [0.05, 0.1) is 23.7 Å². The molecule has 1 aliphatic rings. The molecule has 2 heterocycles. The Hall–Kier alpha value is -3.49. The summed E-state index contributed by atoms with van der Waals surface area (Å²) in [5, 5.41) is 15.3. The minimum atomic E-state index is -2.30. The molecule has 1 unspecified atom stereocenters. The van der Waals surface area contributed by atoms with Gasteiger partial charge in [-0.1, -0.05) is 47.5 Å². The average Bonchev–Trinajstić information content (AvgIpc) is 3.26. The van der Waals surface area contributed by atoms with Gasteiger partial charge >= 0.3 is 5.97 Å². The fraction of sp³-hybridized carbons (Fsp3) is 0.231. The SMILES string of the molecule is Cc1[nH]c(=O)c(C2=NN(C(=O)C(F)CC(=O)O)[C@@H](c3ccc(Cl)cc3)C2)c(-c2ccc(Cl)cc2)c1C. The van der Waals surface area contributed by atoms with Crippen LogP contribution in [-0.2, 0) is 9.59 Å². The summed E-state index contributed by atoms with van der Waals surface area (Å²) in [6, 6.07) is 12.8. The third-order valence-corrected chi connectivity index (χ3v) is 6.65. The summed E-state index contributed by atoms with van der Waals surface area (Å²) in [6.07, 6.45) is -3.18. The molecule has 1 aromatic heterocycles. The molecule has 2 atom stereocenters. The number of hydrazone groups is 1. The van der Waals surface area contributed by atoms with Crippen LogP contribution in [0, 0.1) is 13.8 Å². The van der Waals surface area contributed by atoms with E-state index in [-0.39, 0.29) is 17.7 Å². The number of nitrogens with one attached hydrogen (secondary N) is 1. The topological polar surface area (TPSA) is 103 Å². The van der Waals surface area contributed by atoms with Crippen LogP contribution in [0.4, 0.5) is 4.39 Å². The molecule has 4 rings (SSSR count). The van der Waals surface area contributed by atoms with Crippen LogP contribution in [0.1, 0.15) is 41.3 Å². The third kappa shape index (κ3) is 5.05. The number of hydrogen-bond acceptors (Lipinski definition) is 4. The Balaban J connectivity index is 1.87. The minimum absolute atomic E-state index is 0.110. The van der Waals surface area contributed by atoms with Crippen LogP contribution in [0.5, 0.6) is 0 Å². The summed E-state index contributed by atoms with van der Waals surface area (Å²) in [7, 11) is 0. The summed E-state index contributed by atoms with van der Waals surface area (Å²) >= 11 is 12.1. The Labute approximate surface area is 216 Å². The van der Waals surface area contributed by atoms with E-state index in [0.717, 1.165) is 16.1 Å². The molecule has 7 nitrogen and oxygen atoms in total. The zero-order valence-electron chi connectivity index (χ0n) is 19.4. The molecule has 36 heavy (non-hydrogen) atoms. The molecule has 0 aliphatic carbocycles. The molecule has 186 valence electrons. The standard InChI is InChI=1S/C26H22Cl2FN3O4/c1-13-14(2)30-25(35)24(23(13)16-5-9-18(28)10-6-16)20-12-21(15-3-7-17(27)8-4-15)32(31-20)26(36)19(29)11-22(33)34/h3-10,19,21H,11-12H2,1-2H3,(H,30,35)(H,33,34)/t19?,21-/m1/s1. The first-order valence-electron chi connectivity index (χ1n) is 11.1. The van der Waals surface area contributed by atoms with Gasteiger partial charge in [0.2, 0.25) is 0 Å². The molecule has 0 saturated heterocycles. The number of H-pyrrole nitrogens is 1. The van der Waals surface area contributed by atoms with Crippen molar-refractivity contribution in [2.45, 2.75) is 38.9 Å². The van der Waals surface area contributed by atoms with E-state index in [4.69, 9.17) is 28.3 Å². The van der Waals surface area contributed by atoms with Crippen molar-refractivity contribution in [3.8, 4) is 11.1 Å². The van der Waals surface area contributed by atoms with Crippen LogP contribution in [0.25, 0.3) is 11.1 Å². The van der Waals surface area contributed by atoms with E-state index < -0.39 is 36.1 Å². The quantitative estimate of drug-likeness (QED) is 0.442. The highest BCUT2D eigenvalue weighted by atomic mass is 35.5. The molecule has 1 amide bonds. The van der Waals surface area contributed by atoms with Crippen molar-refractivity contribution in [3.05, 3.63) is 91.3 Å². The Morgan fingerprint density at radius 3 is 2.25 bits per heavy atom. The van der Waals surface area contributed by atoms with Crippen molar-refractivity contribution in [3.63, 3.8) is 0 Å². The maximum atomic E-state index is 14.6. The van der Waals surface area contributed by atoms with Crippen molar-refractivity contribution in [1.29, 1.82) is 0 Å². The fourth-order valence-electron chi connectivity index (χ4n) is 4.26. The molecule has 0 spiro atoms. The van der Waals surface area contributed by atoms with Gasteiger partial charge in [-0.05, 0) is 54.8 Å². The lowest BCUT2D eigenvalue weighted by molar-refractivity contribution is -0.146. The lowest BCUT2D eigenvalue weighted by atomic mass is 9.90. The first-order chi connectivity index (χ1) is 17.1. The zero-order valence-corrected chi connectivity index (χ0v) is 20.9. The molecule has 2 aromatic carbocycles. The van der Waals surface area contributed by atoms with Gasteiger partial charge < -0.3 is 10.1 Å². The van der Waals surface area contributed by atoms with Crippen LogP contribution in [0.3, 0.4) is 0 Å². The maximum absolute atomic E-state index is 14.6. The monoisotopic (exact) mass is 529 g/mol. The smallest absolute Gasteiger partial charge is 0.306 e. The molecule has 0 fully saturated rings. The molecule has 10 heteroatoms. The number of aromatic nitrogens is 1. The van der Waals surface area contributed by atoms with E-state index >= 15 is 0 Å². The van der Waals surface area contributed by atoms with E-state index in [1.165, 1.54) is 0 Å². The lowest BCUT2D eigenvalue weighted by Crippen LogP contribution is -2.35. The van der Waals surface area contributed by atoms with Crippen LogP contribution < -0.4 is 5.56 Å². The van der Waals surface area contributed by atoms with Crippen LogP contribution in [-0.4, -0.2) is 38.9 Å². The zero-order chi connectivity index (χ0) is 26.1. The van der Waals surface area contributed by atoms with Gasteiger partial charge in [0.25, 0.3) is 11.5 Å². The number of amides is 1. The number of benzene rings is 2. The number of hydrogen-bond donors (Lipinski definition) is 2. The average molecular weight is 530 g/mol. The lowest BCUT2D eigenvalue weighted by Gasteiger charge is -2.23. The molecule has 1 aliphatic heterocycles. The van der Waals surface area contributed by atoms with Gasteiger partial charge in [-0.15, -0.1) is 0 Å². The normalized spacial score (nSPS) is 16.1. The number of alkyl halides is 1. The summed E-state index contributed by atoms with van der Waals surface area (Å²) in [5.74, 6) is -2.54. The number of aryl methyl sites for hydroxylation is 1. The van der Waals surface area contributed by atoms with Crippen LogP contribution in [0.2, 0.25) is 10.0 Å². The van der Waals surface area contributed by atoms with Crippen molar-refractivity contribution >= 4 is 40.8 Å². The second-order valence-electron chi connectivity index (χ2n) is 8.53. The number of rotatable bonds is 6. The number of carboxylic acid groups (broad SMARTS) is 1. The first-order valence-corrected chi connectivity index (χ1v) is 11.8. The van der Waals surface area contributed by atoms with Crippen LogP contribution >= 0.6 is 23.2 Å². The molecular weight excluding hydrogens is 508 g/mol. The Kier molecular flexibility index (Phi) is 7.28. The Bertz CT molecular complexity index is 1420. The number of carbonyl (C=O) groups excluding carboxylic acids is 1. The highest BCUT2D eigenvalue weighted by Crippen LogP contribution is 2.37. The Morgan fingerprint density at radius 1 is 1.08 bits per heavy atom. The van der Waals surface area contributed by atoms with E-state index in [0.29, 0.717) is 26.9 Å².